The summed E-state index contributed by atoms with van der Waals surface area (Å²) in [6.45, 7) is 6.92. The van der Waals surface area contributed by atoms with Crippen molar-refractivity contribution in [1.82, 2.24) is 0 Å². The van der Waals surface area contributed by atoms with E-state index in [-0.39, 0.29) is 0 Å². The monoisotopic (exact) mass is 144 g/mol. The van der Waals surface area contributed by atoms with E-state index in [0.29, 0.717) is 6.47 Å². The van der Waals surface area contributed by atoms with Crippen LogP contribution in [0.2, 0.25) is 19.6 Å². The second-order valence-corrected chi connectivity index (χ2v) is 7.97. The van der Waals surface area contributed by atoms with Crippen LogP contribution in [0.5, 0.6) is 0 Å². The second kappa shape index (κ2) is 3.45. The number of rotatable bonds is 3. The molecule has 0 unspecified atom stereocenters. The smallest absolute Gasteiger partial charge is 0.297 e. The number of hydrogen-bond donors (Lipinski definition) is 0. The number of ether oxygens (including phenoxy) is 1. The lowest BCUT2D eigenvalue weighted by Crippen LogP contribution is -2.15. The molecule has 0 radical (unpaired) electrons. The molecule has 0 aromatic heterocycles. The molecular formula is C6H12O2Si. The summed E-state index contributed by atoms with van der Waals surface area (Å²) >= 11 is 0. The first-order valence-corrected chi connectivity index (χ1v) is 6.41. The average Bonchev–Trinajstić information content (AvgIpc) is 1.63. The molecule has 0 aromatic rings. The van der Waals surface area contributed by atoms with Gasteiger partial charge in [0, 0.05) is 0 Å². The van der Waals surface area contributed by atoms with Gasteiger partial charge in [-0.15, -0.1) is 0 Å². The van der Waals surface area contributed by atoms with Crippen molar-refractivity contribution < 1.29 is 9.53 Å². The summed E-state index contributed by atoms with van der Waals surface area (Å²) in [5.74, 6) is 0. The van der Waals surface area contributed by atoms with Gasteiger partial charge in [-0.1, -0.05) is 25.3 Å². The van der Waals surface area contributed by atoms with E-state index in [1.54, 1.807) is 0 Å². The van der Waals surface area contributed by atoms with Crippen molar-refractivity contribution in [3.63, 3.8) is 0 Å². The molecule has 0 aliphatic rings. The normalized spacial score (nSPS) is 11.9. The fourth-order valence-corrected chi connectivity index (χ4v) is 0.762. The minimum absolute atomic E-state index is 0.427. The molecule has 0 aliphatic heterocycles. The van der Waals surface area contributed by atoms with Crippen molar-refractivity contribution >= 4 is 14.5 Å². The molecule has 0 fully saturated rings. The fraction of sp³-hybridized carbons (Fsp3) is 0.500. The quantitative estimate of drug-likeness (QED) is 0.341. The van der Waals surface area contributed by atoms with Crippen molar-refractivity contribution in [3.05, 3.63) is 12.0 Å². The van der Waals surface area contributed by atoms with Crippen molar-refractivity contribution in [2.24, 2.45) is 0 Å². The molecule has 2 nitrogen and oxygen atoms in total. The molecule has 0 aliphatic carbocycles. The third-order valence-electron chi connectivity index (χ3n) is 0.702. The van der Waals surface area contributed by atoms with Gasteiger partial charge >= 0.3 is 0 Å². The Morgan fingerprint density at radius 1 is 1.33 bits per heavy atom. The molecular weight excluding hydrogens is 132 g/mol. The van der Waals surface area contributed by atoms with Gasteiger partial charge in [0.15, 0.2) is 0 Å². The molecule has 3 heteroatoms. The lowest BCUT2D eigenvalue weighted by molar-refractivity contribution is -0.123. The van der Waals surface area contributed by atoms with Gasteiger partial charge in [-0.3, -0.25) is 4.79 Å². The van der Waals surface area contributed by atoms with Gasteiger partial charge in [-0.05, 0) is 0 Å². The van der Waals surface area contributed by atoms with Gasteiger partial charge < -0.3 is 4.74 Å². The van der Waals surface area contributed by atoms with Crippen LogP contribution in [0.1, 0.15) is 0 Å². The van der Waals surface area contributed by atoms with E-state index in [0.717, 1.165) is 0 Å². The largest absolute Gasteiger partial charge is 0.437 e. The zero-order valence-corrected chi connectivity index (χ0v) is 7.05. The van der Waals surface area contributed by atoms with Gasteiger partial charge in [0.1, 0.15) is 0 Å². The molecule has 0 rings (SSSR count). The lowest BCUT2D eigenvalue weighted by Gasteiger charge is -2.06. The van der Waals surface area contributed by atoms with E-state index in [1.807, 2.05) is 5.70 Å². The maximum Gasteiger partial charge on any atom is 0.297 e. The molecule has 0 atom stereocenters. The number of carbonyl (C=O) groups is 1. The van der Waals surface area contributed by atoms with Crippen molar-refractivity contribution in [2.75, 3.05) is 0 Å². The Balaban J connectivity index is 3.57. The van der Waals surface area contributed by atoms with Crippen molar-refractivity contribution in [3.8, 4) is 0 Å². The Hall–Kier alpha value is -0.573. The third kappa shape index (κ3) is 7.43. The van der Waals surface area contributed by atoms with E-state index < -0.39 is 8.07 Å². The van der Waals surface area contributed by atoms with Gasteiger partial charge in [0.2, 0.25) is 0 Å². The second-order valence-electron chi connectivity index (χ2n) is 2.90. The summed E-state index contributed by atoms with van der Waals surface area (Å²) in [7, 11) is -1.16. The molecule has 0 spiro atoms. The standard InChI is InChI=1S/C6H12O2Si/c1-9(2,3)5-4-8-6-7/h4-6H,1-3H3/b5-4+. The zero-order chi connectivity index (χ0) is 7.33. The summed E-state index contributed by atoms with van der Waals surface area (Å²) in [6, 6.07) is 0. The van der Waals surface area contributed by atoms with Crippen LogP contribution in [-0.4, -0.2) is 14.5 Å². The minimum atomic E-state index is -1.16. The van der Waals surface area contributed by atoms with Crippen molar-refractivity contribution in [2.45, 2.75) is 19.6 Å². The highest BCUT2D eigenvalue weighted by atomic mass is 28.3. The van der Waals surface area contributed by atoms with Crippen LogP contribution in [-0.2, 0) is 9.53 Å². The molecule has 0 saturated heterocycles. The summed E-state index contributed by atoms with van der Waals surface area (Å²) in [5.41, 5.74) is 1.96. The lowest BCUT2D eigenvalue weighted by atomic mass is 11.1. The molecule has 0 aromatic carbocycles. The van der Waals surface area contributed by atoms with Gasteiger partial charge in [-0.2, -0.15) is 0 Å². The van der Waals surface area contributed by atoms with Crippen LogP contribution >= 0.6 is 0 Å². The highest BCUT2D eigenvalue weighted by molar-refractivity contribution is 6.80. The number of hydrogen-bond acceptors (Lipinski definition) is 2. The van der Waals surface area contributed by atoms with E-state index in [2.05, 4.69) is 24.4 Å². The topological polar surface area (TPSA) is 26.3 Å². The summed E-state index contributed by atoms with van der Waals surface area (Å²) < 4.78 is 4.38. The van der Waals surface area contributed by atoms with Gasteiger partial charge in [0.25, 0.3) is 6.47 Å². The summed E-state index contributed by atoms with van der Waals surface area (Å²) in [5, 5.41) is 0. The van der Waals surface area contributed by atoms with Crippen LogP contribution in [0, 0.1) is 0 Å². The molecule has 0 saturated carbocycles. The first-order valence-electron chi connectivity index (χ1n) is 2.83. The maximum atomic E-state index is 9.63. The van der Waals surface area contributed by atoms with E-state index in [4.69, 9.17) is 0 Å². The molecule has 0 N–H and O–H groups in total. The average molecular weight is 144 g/mol. The highest BCUT2D eigenvalue weighted by Gasteiger charge is 2.06. The van der Waals surface area contributed by atoms with E-state index in [1.165, 1.54) is 6.26 Å². The first-order chi connectivity index (χ1) is 4.06. The summed E-state index contributed by atoms with van der Waals surface area (Å²) in [6.07, 6.45) is 1.46. The molecule has 0 amide bonds. The van der Waals surface area contributed by atoms with Crippen LogP contribution in [0.3, 0.4) is 0 Å². The maximum absolute atomic E-state index is 9.63. The Kier molecular flexibility index (Phi) is 3.23. The van der Waals surface area contributed by atoms with Gasteiger partial charge in [-0.25, -0.2) is 0 Å². The predicted molar refractivity (Wildman–Crippen MR) is 39.6 cm³/mol. The van der Waals surface area contributed by atoms with E-state index >= 15 is 0 Å². The Bertz CT molecular complexity index is 113. The Morgan fingerprint density at radius 3 is 2.22 bits per heavy atom. The molecule has 52 valence electrons. The van der Waals surface area contributed by atoms with Gasteiger partial charge in [0.05, 0.1) is 14.3 Å². The molecule has 9 heavy (non-hydrogen) atoms. The predicted octanol–water partition coefficient (Wildman–Crippen LogP) is 1.55. The SMILES string of the molecule is C[Si](C)(C)/C=C/OC=O. The fourth-order valence-electron chi connectivity index (χ4n) is 0.275. The Morgan fingerprint density at radius 2 is 1.89 bits per heavy atom. The van der Waals surface area contributed by atoms with Crippen LogP contribution in [0.25, 0.3) is 0 Å². The van der Waals surface area contributed by atoms with Crippen LogP contribution in [0.4, 0.5) is 0 Å². The summed E-state index contributed by atoms with van der Waals surface area (Å²) in [4.78, 5) is 9.63. The number of carbonyl (C=O) groups excluding carboxylic acids is 1. The van der Waals surface area contributed by atoms with Crippen LogP contribution < -0.4 is 0 Å². The molecule has 0 heterocycles. The molecule has 0 bridgehead atoms. The van der Waals surface area contributed by atoms with Crippen molar-refractivity contribution in [1.29, 1.82) is 0 Å². The Labute approximate surface area is 56.5 Å². The van der Waals surface area contributed by atoms with Crippen LogP contribution in [0.15, 0.2) is 12.0 Å². The zero-order valence-electron chi connectivity index (χ0n) is 6.05. The van der Waals surface area contributed by atoms with E-state index in [9.17, 15) is 4.79 Å². The third-order valence-corrected chi connectivity index (χ3v) is 1.84. The minimum Gasteiger partial charge on any atom is -0.437 e. The highest BCUT2D eigenvalue weighted by Crippen LogP contribution is 2.00. The first kappa shape index (κ1) is 8.43.